The van der Waals surface area contributed by atoms with Crippen molar-refractivity contribution in [3.63, 3.8) is 0 Å². The summed E-state index contributed by atoms with van der Waals surface area (Å²) in [6, 6.07) is 32.6. The maximum absolute atomic E-state index is 13.6. The molecular weight excluding hydrogens is 605 g/mol. The second-order valence-electron chi connectivity index (χ2n) is 9.79. The normalized spacial score (nSPS) is 11.7. The van der Waals surface area contributed by atoms with Crippen LogP contribution < -0.4 is 20.7 Å². The van der Waals surface area contributed by atoms with E-state index in [0.717, 1.165) is 16.2 Å². The average molecular weight is 635 g/mol. The van der Waals surface area contributed by atoms with E-state index in [4.69, 9.17) is 4.74 Å². The van der Waals surface area contributed by atoms with Crippen LogP contribution in [0.1, 0.15) is 32.4 Å². The van der Waals surface area contributed by atoms with Crippen LogP contribution in [0.2, 0.25) is 0 Å². The molecule has 0 saturated carbocycles. The number of para-hydroxylation sites is 1. The highest BCUT2D eigenvalue weighted by Crippen LogP contribution is 2.37. The van der Waals surface area contributed by atoms with Gasteiger partial charge in [-0.25, -0.2) is 4.98 Å². The Morgan fingerprint density at radius 1 is 0.867 bits per heavy atom. The Labute approximate surface area is 269 Å². The van der Waals surface area contributed by atoms with Crippen LogP contribution in [0.5, 0.6) is 5.75 Å². The number of aromatic nitrogens is 1. The Hall–Kier alpha value is -5.19. The minimum atomic E-state index is -0.576. The lowest BCUT2D eigenvalue weighted by molar-refractivity contribution is -0.116. The number of ether oxygens (including phenoxy) is 1. The number of methoxy groups -OCH3 is 1. The molecule has 1 heterocycles. The maximum atomic E-state index is 13.6. The third-order valence-corrected chi connectivity index (χ3v) is 8.63. The average Bonchev–Trinajstić information content (AvgIpc) is 3.48. The maximum Gasteiger partial charge on any atom is 0.272 e. The van der Waals surface area contributed by atoms with Crippen molar-refractivity contribution in [2.75, 3.05) is 17.7 Å². The summed E-state index contributed by atoms with van der Waals surface area (Å²) in [6.45, 7) is 1.87. The summed E-state index contributed by atoms with van der Waals surface area (Å²) >= 11 is 2.72. The van der Waals surface area contributed by atoms with Gasteiger partial charge in [0.05, 0.1) is 12.8 Å². The minimum absolute atomic E-state index is 0.0340. The number of carbonyl (C=O) groups excluding carboxylic acids is 3. The number of nitrogens with one attached hydrogen (secondary N) is 3. The Morgan fingerprint density at radius 3 is 2.29 bits per heavy atom. The van der Waals surface area contributed by atoms with Gasteiger partial charge >= 0.3 is 0 Å². The molecule has 1 unspecified atom stereocenters. The smallest absolute Gasteiger partial charge is 0.272 e. The van der Waals surface area contributed by atoms with Crippen LogP contribution in [0.4, 0.5) is 10.8 Å². The number of hydrogen-bond donors (Lipinski definition) is 3. The molecule has 5 aromatic rings. The highest BCUT2D eigenvalue weighted by atomic mass is 32.2. The van der Waals surface area contributed by atoms with Crippen molar-refractivity contribution in [1.29, 1.82) is 0 Å². The van der Waals surface area contributed by atoms with Crippen molar-refractivity contribution in [3.05, 3.63) is 143 Å². The van der Waals surface area contributed by atoms with Crippen LogP contribution in [0, 0.1) is 6.92 Å². The fourth-order valence-corrected chi connectivity index (χ4v) is 6.12. The number of rotatable bonds is 11. The SMILES string of the molecule is COc1ccccc1/C=C(/NC(=O)c1ccccc1)C(=O)Nc1cccc(SC(C(=O)Nc2nc(C)cs2)c2ccccc2)c1. The predicted octanol–water partition coefficient (Wildman–Crippen LogP) is 7.34. The van der Waals surface area contributed by atoms with Crippen LogP contribution in [0.3, 0.4) is 0 Å². The molecule has 5 rings (SSSR count). The standard InChI is InChI=1S/C35H30N4O4S2/c1-23-22-44-35(36-23)39-34(42)31(24-12-5-3-6-13-24)45-28-18-11-17-27(21-28)37-33(41)29(20-26-16-9-10-19-30(26)43-2)38-32(40)25-14-7-4-8-15-25/h3-22,31H,1-2H3,(H,37,41)(H,38,40)(H,36,39,42)/b29-20+. The van der Waals surface area contributed by atoms with Crippen LogP contribution in [-0.4, -0.2) is 29.8 Å². The lowest BCUT2D eigenvalue weighted by atomic mass is 10.1. The first kappa shape index (κ1) is 31.2. The predicted molar refractivity (Wildman–Crippen MR) is 180 cm³/mol. The first-order valence-corrected chi connectivity index (χ1v) is 15.7. The van der Waals surface area contributed by atoms with E-state index in [0.29, 0.717) is 27.7 Å². The highest BCUT2D eigenvalue weighted by molar-refractivity contribution is 8.00. The molecule has 45 heavy (non-hydrogen) atoms. The van der Waals surface area contributed by atoms with Crippen molar-refractivity contribution < 1.29 is 19.1 Å². The number of hydrogen-bond acceptors (Lipinski definition) is 7. The minimum Gasteiger partial charge on any atom is -0.496 e. The lowest BCUT2D eigenvalue weighted by Crippen LogP contribution is -2.30. The van der Waals surface area contributed by atoms with Gasteiger partial charge in [0.1, 0.15) is 16.7 Å². The number of thiazole rings is 1. The second-order valence-corrected chi connectivity index (χ2v) is 11.8. The summed E-state index contributed by atoms with van der Waals surface area (Å²) < 4.78 is 5.45. The van der Waals surface area contributed by atoms with E-state index in [1.165, 1.54) is 23.1 Å². The number of nitrogens with zero attached hydrogens (tertiary/aromatic N) is 1. The van der Waals surface area contributed by atoms with Gasteiger partial charge in [0.15, 0.2) is 5.13 Å². The zero-order chi connectivity index (χ0) is 31.6. The van der Waals surface area contributed by atoms with Crippen LogP contribution >= 0.6 is 23.1 Å². The van der Waals surface area contributed by atoms with Gasteiger partial charge in [-0.05, 0) is 55.0 Å². The van der Waals surface area contributed by atoms with Gasteiger partial charge in [0.25, 0.3) is 11.8 Å². The van der Waals surface area contributed by atoms with Crippen molar-refractivity contribution in [2.45, 2.75) is 17.1 Å². The molecule has 0 saturated heterocycles. The van der Waals surface area contributed by atoms with E-state index in [1.54, 1.807) is 67.8 Å². The quantitative estimate of drug-likeness (QED) is 0.104. The molecule has 1 atom stereocenters. The summed E-state index contributed by atoms with van der Waals surface area (Å²) in [5.41, 5.74) is 3.22. The van der Waals surface area contributed by atoms with Crippen LogP contribution in [0.25, 0.3) is 6.08 Å². The largest absolute Gasteiger partial charge is 0.496 e. The zero-order valence-electron chi connectivity index (χ0n) is 24.5. The van der Waals surface area contributed by atoms with E-state index in [1.807, 2.05) is 66.9 Å². The number of carbonyl (C=O) groups is 3. The van der Waals surface area contributed by atoms with Crippen LogP contribution in [0.15, 0.2) is 125 Å². The van der Waals surface area contributed by atoms with Gasteiger partial charge in [-0.3, -0.25) is 14.4 Å². The molecule has 0 bridgehead atoms. The molecule has 0 spiro atoms. The number of aryl methyl sites for hydroxylation is 1. The summed E-state index contributed by atoms with van der Waals surface area (Å²) in [5, 5.41) is 10.4. The monoisotopic (exact) mass is 634 g/mol. The summed E-state index contributed by atoms with van der Waals surface area (Å²) in [7, 11) is 1.54. The number of thioether (sulfide) groups is 1. The molecule has 3 N–H and O–H groups in total. The Kier molecular flexibility index (Phi) is 10.4. The van der Waals surface area contributed by atoms with Gasteiger partial charge in [0, 0.05) is 27.1 Å². The van der Waals surface area contributed by atoms with E-state index in [-0.39, 0.29) is 11.6 Å². The molecule has 3 amide bonds. The molecule has 0 aliphatic carbocycles. The summed E-state index contributed by atoms with van der Waals surface area (Å²) in [5.74, 6) is -0.610. The first-order chi connectivity index (χ1) is 21.9. The molecule has 4 aromatic carbocycles. The molecule has 0 aliphatic rings. The second kappa shape index (κ2) is 15.0. The van der Waals surface area contributed by atoms with Gasteiger partial charge in [-0.2, -0.15) is 0 Å². The number of benzene rings is 4. The molecular formula is C35H30N4O4S2. The van der Waals surface area contributed by atoms with Crippen molar-refractivity contribution >= 4 is 57.7 Å². The third-order valence-electron chi connectivity index (χ3n) is 6.50. The Morgan fingerprint density at radius 2 is 1.58 bits per heavy atom. The highest BCUT2D eigenvalue weighted by Gasteiger charge is 2.23. The fraction of sp³-hybridized carbons (Fsp3) is 0.0857. The molecule has 0 fully saturated rings. The third kappa shape index (κ3) is 8.47. The van der Waals surface area contributed by atoms with Gasteiger partial charge < -0.3 is 20.7 Å². The van der Waals surface area contributed by atoms with Crippen LogP contribution in [-0.2, 0) is 9.59 Å². The number of amides is 3. The fourth-order valence-electron chi connectivity index (χ4n) is 4.35. The van der Waals surface area contributed by atoms with E-state index >= 15 is 0 Å². The first-order valence-electron chi connectivity index (χ1n) is 14.0. The van der Waals surface area contributed by atoms with Crippen molar-refractivity contribution in [2.24, 2.45) is 0 Å². The Balaban J connectivity index is 1.39. The molecule has 8 nitrogen and oxygen atoms in total. The topological polar surface area (TPSA) is 109 Å². The molecule has 1 aromatic heterocycles. The molecule has 226 valence electrons. The van der Waals surface area contributed by atoms with Crippen molar-refractivity contribution in [3.8, 4) is 5.75 Å². The van der Waals surface area contributed by atoms with Gasteiger partial charge in [-0.15, -0.1) is 23.1 Å². The number of anilines is 2. The van der Waals surface area contributed by atoms with Crippen molar-refractivity contribution in [1.82, 2.24) is 10.3 Å². The van der Waals surface area contributed by atoms with E-state index in [2.05, 4.69) is 20.9 Å². The Bertz CT molecular complexity index is 1820. The molecule has 10 heteroatoms. The van der Waals surface area contributed by atoms with E-state index < -0.39 is 17.1 Å². The lowest BCUT2D eigenvalue weighted by Gasteiger charge is -2.17. The summed E-state index contributed by atoms with van der Waals surface area (Å²) in [4.78, 5) is 45.3. The molecule has 0 aliphatic heterocycles. The van der Waals surface area contributed by atoms with E-state index in [9.17, 15) is 14.4 Å². The van der Waals surface area contributed by atoms with Gasteiger partial charge in [0.2, 0.25) is 5.91 Å². The zero-order valence-corrected chi connectivity index (χ0v) is 26.2. The molecule has 0 radical (unpaired) electrons. The summed E-state index contributed by atoms with van der Waals surface area (Å²) in [6.07, 6.45) is 1.57. The van der Waals surface area contributed by atoms with Gasteiger partial charge in [-0.1, -0.05) is 72.8 Å².